The number of rotatable bonds is 1. The number of aromatic nitrogens is 1. The van der Waals surface area contributed by atoms with E-state index in [0.717, 1.165) is 3.70 Å². The van der Waals surface area contributed by atoms with Gasteiger partial charge in [0.05, 0.1) is 30.8 Å². The lowest BCUT2D eigenvalue weighted by Gasteiger charge is -2.12. The molecule has 0 aliphatic carbocycles. The summed E-state index contributed by atoms with van der Waals surface area (Å²) in [6.45, 7) is 0. The third-order valence-electron chi connectivity index (χ3n) is 2.18. The zero-order valence-electron chi connectivity index (χ0n) is 8.45. The second kappa shape index (κ2) is 5.90. The molecule has 0 saturated heterocycles. The van der Waals surface area contributed by atoms with Gasteiger partial charge in [0.15, 0.2) is 0 Å². The van der Waals surface area contributed by atoms with E-state index in [1.54, 1.807) is 6.07 Å². The SMILES string of the molecule is Clc1c(Cl)c(Cl)c(-c2cccc(I)n2)c(Cl)c1Cl. The van der Waals surface area contributed by atoms with Crippen molar-refractivity contribution in [1.29, 1.82) is 0 Å². The maximum atomic E-state index is 6.16. The fourth-order valence-corrected chi connectivity index (χ4v) is 3.18. The van der Waals surface area contributed by atoms with Crippen LogP contribution < -0.4 is 0 Å². The molecule has 0 amide bonds. The molecule has 0 N–H and O–H groups in total. The van der Waals surface area contributed by atoms with E-state index in [4.69, 9.17) is 58.0 Å². The largest absolute Gasteiger partial charge is 0.242 e. The molecule has 0 bridgehead atoms. The Labute approximate surface area is 142 Å². The van der Waals surface area contributed by atoms with E-state index in [2.05, 4.69) is 27.6 Å². The van der Waals surface area contributed by atoms with Crippen LogP contribution in [-0.2, 0) is 0 Å². The van der Waals surface area contributed by atoms with Gasteiger partial charge in [0.1, 0.15) is 3.70 Å². The zero-order chi connectivity index (χ0) is 13.4. The number of hydrogen-bond acceptors (Lipinski definition) is 1. The van der Waals surface area contributed by atoms with Crippen LogP contribution >= 0.6 is 80.6 Å². The van der Waals surface area contributed by atoms with Crippen molar-refractivity contribution >= 4 is 80.6 Å². The molecule has 0 atom stereocenters. The second-order valence-electron chi connectivity index (χ2n) is 3.29. The van der Waals surface area contributed by atoms with Crippen LogP contribution in [0.25, 0.3) is 11.3 Å². The molecule has 1 heterocycles. The van der Waals surface area contributed by atoms with E-state index >= 15 is 0 Å². The van der Waals surface area contributed by atoms with Gasteiger partial charge in [-0.3, -0.25) is 0 Å². The summed E-state index contributed by atoms with van der Waals surface area (Å²) < 4.78 is 0.805. The van der Waals surface area contributed by atoms with Crippen LogP contribution in [0.5, 0.6) is 0 Å². The van der Waals surface area contributed by atoms with Gasteiger partial charge >= 0.3 is 0 Å². The van der Waals surface area contributed by atoms with E-state index in [1.807, 2.05) is 12.1 Å². The summed E-state index contributed by atoms with van der Waals surface area (Å²) in [7, 11) is 0. The normalized spacial score (nSPS) is 10.8. The zero-order valence-corrected chi connectivity index (χ0v) is 14.4. The summed E-state index contributed by atoms with van der Waals surface area (Å²) in [5.41, 5.74) is 1.08. The Hall–Kier alpha value is 0.550. The maximum Gasteiger partial charge on any atom is 0.102 e. The van der Waals surface area contributed by atoms with Gasteiger partial charge < -0.3 is 0 Å². The minimum atomic E-state index is 0.141. The molecule has 0 radical (unpaired) electrons. The van der Waals surface area contributed by atoms with Gasteiger partial charge in [-0.25, -0.2) is 4.98 Å². The molecule has 7 heteroatoms. The smallest absolute Gasteiger partial charge is 0.102 e. The van der Waals surface area contributed by atoms with Crippen LogP contribution in [0.4, 0.5) is 0 Å². The first kappa shape index (κ1) is 14.9. The lowest BCUT2D eigenvalue weighted by Crippen LogP contribution is -1.91. The molecule has 0 saturated carbocycles. The quantitative estimate of drug-likeness (QED) is 0.205. The lowest BCUT2D eigenvalue weighted by atomic mass is 10.1. The summed E-state index contributed by atoms with van der Waals surface area (Å²) in [5, 5.41) is 0.964. The van der Waals surface area contributed by atoms with Gasteiger partial charge in [0.25, 0.3) is 0 Å². The number of halogens is 6. The third kappa shape index (κ3) is 2.69. The van der Waals surface area contributed by atoms with Crippen LogP contribution in [0.15, 0.2) is 18.2 Å². The van der Waals surface area contributed by atoms with Gasteiger partial charge in [-0.1, -0.05) is 64.1 Å². The average Bonchev–Trinajstić information content (AvgIpc) is 2.34. The molecule has 0 aliphatic heterocycles. The van der Waals surface area contributed by atoms with Crippen LogP contribution in [-0.4, -0.2) is 4.98 Å². The molecule has 0 aliphatic rings. The fourth-order valence-electron chi connectivity index (χ4n) is 1.38. The van der Waals surface area contributed by atoms with Crippen LogP contribution in [0.3, 0.4) is 0 Å². The third-order valence-corrected chi connectivity index (χ3v) is 5.06. The Bertz CT molecular complexity index is 600. The molecule has 0 fully saturated rings. The Balaban J connectivity index is 2.80. The molecule has 1 aromatic carbocycles. The van der Waals surface area contributed by atoms with Crippen molar-refractivity contribution in [2.75, 3.05) is 0 Å². The first-order chi connectivity index (χ1) is 8.43. The number of hydrogen-bond donors (Lipinski definition) is 0. The van der Waals surface area contributed by atoms with Crippen molar-refractivity contribution in [2.45, 2.75) is 0 Å². The summed E-state index contributed by atoms with van der Waals surface area (Å²) in [4.78, 5) is 4.33. The van der Waals surface area contributed by atoms with Gasteiger partial charge in [-0.15, -0.1) is 0 Å². The van der Waals surface area contributed by atoms with E-state index in [-0.39, 0.29) is 25.1 Å². The van der Waals surface area contributed by atoms with Crippen LogP contribution in [0.2, 0.25) is 25.1 Å². The van der Waals surface area contributed by atoms with E-state index in [9.17, 15) is 0 Å². The van der Waals surface area contributed by atoms with Crippen molar-refractivity contribution in [3.8, 4) is 11.3 Å². The van der Waals surface area contributed by atoms with E-state index < -0.39 is 0 Å². The molecule has 18 heavy (non-hydrogen) atoms. The molecular formula is C11H3Cl5IN. The number of nitrogens with zero attached hydrogens (tertiary/aromatic N) is 1. The van der Waals surface area contributed by atoms with Crippen LogP contribution in [0, 0.1) is 3.70 Å². The van der Waals surface area contributed by atoms with Gasteiger partial charge in [-0.05, 0) is 34.7 Å². The Morgan fingerprint density at radius 3 is 1.78 bits per heavy atom. The highest BCUT2D eigenvalue weighted by molar-refractivity contribution is 14.1. The maximum absolute atomic E-state index is 6.16. The monoisotopic (exact) mass is 451 g/mol. The fraction of sp³-hybridized carbons (Fsp3) is 0. The molecule has 1 aromatic heterocycles. The highest BCUT2D eigenvalue weighted by Gasteiger charge is 2.21. The molecule has 0 spiro atoms. The summed E-state index contributed by atoms with van der Waals surface area (Å²) in [5.74, 6) is 0. The highest BCUT2D eigenvalue weighted by atomic mass is 127. The number of benzene rings is 1. The first-order valence-corrected chi connectivity index (χ1v) is 7.54. The summed E-state index contributed by atoms with van der Waals surface area (Å²) in [6, 6.07) is 5.47. The molecular weight excluding hydrogens is 450 g/mol. The van der Waals surface area contributed by atoms with Crippen molar-refractivity contribution in [3.63, 3.8) is 0 Å². The summed E-state index contributed by atoms with van der Waals surface area (Å²) >= 11 is 32.4. The topological polar surface area (TPSA) is 12.9 Å². The lowest BCUT2D eigenvalue weighted by molar-refractivity contribution is 1.27. The van der Waals surface area contributed by atoms with Gasteiger partial charge in [-0.2, -0.15) is 0 Å². The molecule has 2 aromatic rings. The van der Waals surface area contributed by atoms with Crippen molar-refractivity contribution in [1.82, 2.24) is 4.98 Å². The van der Waals surface area contributed by atoms with E-state index in [0.29, 0.717) is 11.3 Å². The minimum Gasteiger partial charge on any atom is -0.242 e. The predicted octanol–water partition coefficient (Wildman–Crippen LogP) is 6.62. The molecule has 1 nitrogen and oxygen atoms in total. The molecule has 94 valence electrons. The molecule has 0 unspecified atom stereocenters. The highest BCUT2D eigenvalue weighted by Crippen LogP contribution is 2.47. The predicted molar refractivity (Wildman–Crippen MR) is 87.4 cm³/mol. The van der Waals surface area contributed by atoms with Crippen molar-refractivity contribution < 1.29 is 0 Å². The standard InChI is InChI=1S/C11H3Cl5IN/c12-7-6(4-2-1-3-5(17)18-4)8(13)10(15)11(16)9(7)14/h1-3H. The van der Waals surface area contributed by atoms with E-state index in [1.165, 1.54) is 0 Å². The molecule has 2 rings (SSSR count). The Morgan fingerprint density at radius 1 is 0.778 bits per heavy atom. The summed E-state index contributed by atoms with van der Waals surface area (Å²) in [6.07, 6.45) is 0. The van der Waals surface area contributed by atoms with Gasteiger partial charge in [0.2, 0.25) is 0 Å². The van der Waals surface area contributed by atoms with Crippen molar-refractivity contribution in [3.05, 3.63) is 47.0 Å². The average molecular weight is 453 g/mol. The first-order valence-electron chi connectivity index (χ1n) is 4.58. The Morgan fingerprint density at radius 2 is 1.28 bits per heavy atom. The minimum absolute atomic E-state index is 0.141. The van der Waals surface area contributed by atoms with Gasteiger partial charge in [0, 0.05) is 5.56 Å². The van der Waals surface area contributed by atoms with Crippen molar-refractivity contribution in [2.24, 2.45) is 0 Å². The Kier molecular flexibility index (Phi) is 4.90. The van der Waals surface area contributed by atoms with Crippen LogP contribution in [0.1, 0.15) is 0 Å². The second-order valence-corrected chi connectivity index (χ2v) is 6.29. The number of pyridine rings is 1.